The van der Waals surface area contributed by atoms with Crippen molar-refractivity contribution in [1.82, 2.24) is 0 Å². The summed E-state index contributed by atoms with van der Waals surface area (Å²) < 4.78 is 56.4. The number of carbonyl (C=O) groups excluding carboxylic acids is 1. The fourth-order valence-electron chi connectivity index (χ4n) is 2.41. The smallest absolute Gasteiger partial charge is 0.413 e. The number of halogens is 4. The number of hydrogen-bond acceptors (Lipinski definition) is 2. The lowest BCUT2D eigenvalue weighted by Crippen LogP contribution is -2.09. The Labute approximate surface area is 146 Å². The SMILES string of the molecule is O=C(O/C(=C/C(F)(F)F)c1ccc(F)cc1)c1ccc2ccccc2c1. The summed E-state index contributed by atoms with van der Waals surface area (Å²) in [5, 5.41) is 1.64. The minimum absolute atomic E-state index is 0.0575. The molecule has 0 saturated heterocycles. The Kier molecular flexibility index (Phi) is 4.75. The van der Waals surface area contributed by atoms with E-state index < -0.39 is 23.7 Å². The van der Waals surface area contributed by atoms with Gasteiger partial charge < -0.3 is 4.74 Å². The molecule has 0 atom stereocenters. The molecule has 6 heteroatoms. The van der Waals surface area contributed by atoms with Crippen molar-refractivity contribution in [2.45, 2.75) is 6.18 Å². The number of rotatable bonds is 3. The number of benzene rings is 3. The van der Waals surface area contributed by atoms with Gasteiger partial charge in [-0.15, -0.1) is 0 Å². The monoisotopic (exact) mass is 360 g/mol. The van der Waals surface area contributed by atoms with E-state index in [1.165, 1.54) is 12.1 Å². The van der Waals surface area contributed by atoms with Gasteiger partial charge in [-0.3, -0.25) is 0 Å². The minimum Gasteiger partial charge on any atom is -0.422 e. The Balaban J connectivity index is 1.93. The Morgan fingerprint density at radius 2 is 1.46 bits per heavy atom. The van der Waals surface area contributed by atoms with Gasteiger partial charge in [0.1, 0.15) is 11.6 Å². The van der Waals surface area contributed by atoms with Crippen LogP contribution in [-0.2, 0) is 4.74 Å². The maximum atomic E-state index is 13.0. The van der Waals surface area contributed by atoms with E-state index in [9.17, 15) is 22.4 Å². The molecule has 0 aromatic heterocycles. The van der Waals surface area contributed by atoms with Crippen LogP contribution in [-0.4, -0.2) is 12.1 Å². The zero-order chi connectivity index (χ0) is 18.7. The minimum atomic E-state index is -4.70. The molecule has 0 radical (unpaired) electrons. The van der Waals surface area contributed by atoms with Crippen molar-refractivity contribution in [3.05, 3.63) is 89.8 Å². The molecule has 0 unspecified atom stereocenters. The predicted molar refractivity (Wildman–Crippen MR) is 89.8 cm³/mol. The van der Waals surface area contributed by atoms with E-state index >= 15 is 0 Å². The Morgan fingerprint density at radius 3 is 2.12 bits per heavy atom. The highest BCUT2D eigenvalue weighted by Crippen LogP contribution is 2.26. The van der Waals surface area contributed by atoms with Gasteiger partial charge in [0, 0.05) is 5.56 Å². The first-order valence-corrected chi connectivity index (χ1v) is 7.58. The quantitative estimate of drug-likeness (QED) is 0.338. The van der Waals surface area contributed by atoms with E-state index in [0.717, 1.165) is 35.0 Å². The van der Waals surface area contributed by atoms with E-state index in [0.29, 0.717) is 0 Å². The average molecular weight is 360 g/mol. The van der Waals surface area contributed by atoms with E-state index in [4.69, 9.17) is 4.74 Å². The first-order chi connectivity index (χ1) is 12.3. The molecule has 132 valence electrons. The van der Waals surface area contributed by atoms with Crippen LogP contribution in [0.2, 0.25) is 0 Å². The third kappa shape index (κ3) is 4.27. The summed E-state index contributed by atoms with van der Waals surface area (Å²) in [6.45, 7) is 0. The molecule has 3 aromatic rings. The van der Waals surface area contributed by atoms with Gasteiger partial charge in [0.25, 0.3) is 0 Å². The van der Waals surface area contributed by atoms with Crippen LogP contribution in [0.25, 0.3) is 16.5 Å². The molecular weight excluding hydrogens is 348 g/mol. The van der Waals surface area contributed by atoms with Crippen LogP contribution in [0.4, 0.5) is 17.6 Å². The van der Waals surface area contributed by atoms with Gasteiger partial charge in [0.2, 0.25) is 0 Å². The molecule has 3 rings (SSSR count). The molecule has 2 nitrogen and oxygen atoms in total. The zero-order valence-electron chi connectivity index (χ0n) is 13.3. The van der Waals surface area contributed by atoms with Crippen molar-refractivity contribution in [1.29, 1.82) is 0 Å². The van der Waals surface area contributed by atoms with Gasteiger partial charge in [-0.1, -0.05) is 30.3 Å². The molecule has 0 spiro atoms. The number of allylic oxidation sites excluding steroid dienone is 1. The second kappa shape index (κ2) is 7.00. The highest BCUT2D eigenvalue weighted by molar-refractivity contribution is 5.97. The first kappa shape index (κ1) is 17.7. The van der Waals surface area contributed by atoms with Crippen molar-refractivity contribution in [3.8, 4) is 0 Å². The summed E-state index contributed by atoms with van der Waals surface area (Å²) >= 11 is 0. The highest BCUT2D eigenvalue weighted by atomic mass is 19.4. The van der Waals surface area contributed by atoms with Crippen LogP contribution in [0.1, 0.15) is 15.9 Å². The maximum Gasteiger partial charge on any atom is 0.413 e. The maximum absolute atomic E-state index is 13.0. The largest absolute Gasteiger partial charge is 0.422 e. The van der Waals surface area contributed by atoms with Crippen LogP contribution in [0.5, 0.6) is 0 Å². The molecule has 3 aromatic carbocycles. The van der Waals surface area contributed by atoms with Crippen molar-refractivity contribution in [2.75, 3.05) is 0 Å². The van der Waals surface area contributed by atoms with Gasteiger partial charge >= 0.3 is 12.1 Å². The summed E-state index contributed by atoms with van der Waals surface area (Å²) in [6.07, 6.45) is -4.83. The molecule has 0 N–H and O–H groups in total. The van der Waals surface area contributed by atoms with E-state index in [1.54, 1.807) is 18.2 Å². The zero-order valence-corrected chi connectivity index (χ0v) is 13.3. The Bertz CT molecular complexity index is 973. The fraction of sp³-hybridized carbons (Fsp3) is 0.0500. The summed E-state index contributed by atoms with van der Waals surface area (Å²) in [6, 6.07) is 16.1. The van der Waals surface area contributed by atoms with Crippen molar-refractivity contribution in [2.24, 2.45) is 0 Å². The molecule has 0 heterocycles. The normalized spacial score (nSPS) is 12.2. The summed E-state index contributed by atoms with van der Waals surface area (Å²) in [5.41, 5.74) is 0.0525. The third-order valence-corrected chi connectivity index (χ3v) is 3.61. The number of ether oxygens (including phenoxy) is 1. The van der Waals surface area contributed by atoms with Crippen molar-refractivity contribution in [3.63, 3.8) is 0 Å². The molecule has 0 aliphatic carbocycles. The van der Waals surface area contributed by atoms with Crippen LogP contribution < -0.4 is 0 Å². The predicted octanol–water partition coefficient (Wildman–Crippen LogP) is 5.74. The fourth-order valence-corrected chi connectivity index (χ4v) is 2.41. The van der Waals surface area contributed by atoms with Crippen LogP contribution in [0, 0.1) is 5.82 Å². The lowest BCUT2D eigenvalue weighted by molar-refractivity contribution is -0.0802. The van der Waals surface area contributed by atoms with Gasteiger partial charge in [0.15, 0.2) is 0 Å². The van der Waals surface area contributed by atoms with E-state index in [2.05, 4.69) is 0 Å². The second-order valence-electron chi connectivity index (χ2n) is 5.51. The van der Waals surface area contributed by atoms with Crippen LogP contribution in [0.3, 0.4) is 0 Å². The molecule has 0 amide bonds. The molecule has 0 aliphatic rings. The van der Waals surface area contributed by atoms with E-state index in [1.807, 2.05) is 12.1 Å². The van der Waals surface area contributed by atoms with Crippen molar-refractivity contribution < 1.29 is 27.1 Å². The summed E-state index contributed by atoms with van der Waals surface area (Å²) in [5.74, 6) is -2.24. The number of fused-ring (bicyclic) bond motifs is 1. The standard InChI is InChI=1S/C20H12F4O2/c21-17-9-7-14(8-10-17)18(12-20(22,23)24)26-19(25)16-6-5-13-3-1-2-4-15(13)11-16/h1-12H/b18-12+. The Morgan fingerprint density at radius 1 is 0.846 bits per heavy atom. The number of carbonyl (C=O) groups is 1. The number of alkyl halides is 3. The van der Waals surface area contributed by atoms with Crippen LogP contribution >= 0.6 is 0 Å². The molecule has 0 fully saturated rings. The second-order valence-corrected chi connectivity index (χ2v) is 5.51. The van der Waals surface area contributed by atoms with Crippen molar-refractivity contribution >= 4 is 22.5 Å². The van der Waals surface area contributed by atoms with Gasteiger partial charge in [0.05, 0.1) is 11.6 Å². The molecule has 26 heavy (non-hydrogen) atoms. The molecule has 0 aliphatic heterocycles. The summed E-state index contributed by atoms with van der Waals surface area (Å²) in [4.78, 5) is 12.3. The lowest BCUT2D eigenvalue weighted by Gasteiger charge is -2.11. The topological polar surface area (TPSA) is 26.3 Å². The highest BCUT2D eigenvalue weighted by Gasteiger charge is 2.27. The first-order valence-electron chi connectivity index (χ1n) is 7.58. The molecule has 0 saturated carbocycles. The lowest BCUT2D eigenvalue weighted by atomic mass is 10.1. The average Bonchev–Trinajstić information content (AvgIpc) is 2.60. The number of hydrogen-bond donors (Lipinski definition) is 0. The van der Waals surface area contributed by atoms with Gasteiger partial charge in [-0.2, -0.15) is 13.2 Å². The van der Waals surface area contributed by atoms with Gasteiger partial charge in [-0.05, 0) is 47.2 Å². The van der Waals surface area contributed by atoms with Gasteiger partial charge in [-0.25, -0.2) is 9.18 Å². The number of esters is 1. The molecule has 0 bridgehead atoms. The third-order valence-electron chi connectivity index (χ3n) is 3.61. The molecular formula is C20H12F4O2. The summed E-state index contributed by atoms with van der Waals surface area (Å²) in [7, 11) is 0. The van der Waals surface area contributed by atoms with Crippen LogP contribution in [0.15, 0.2) is 72.8 Å². The van der Waals surface area contributed by atoms with E-state index in [-0.39, 0.29) is 17.2 Å². The Hall–Kier alpha value is -3.15.